The van der Waals surface area contributed by atoms with E-state index in [-0.39, 0.29) is 11.7 Å². The van der Waals surface area contributed by atoms with Crippen LogP contribution < -0.4 is 5.32 Å². The monoisotopic (exact) mass is 275 g/mol. The minimum Gasteiger partial charge on any atom is -0.317 e. The molecular formula is C10H17N3O2S2. The number of rotatable bonds is 5. The molecule has 17 heavy (non-hydrogen) atoms. The summed E-state index contributed by atoms with van der Waals surface area (Å²) in [7, 11) is -2.83. The lowest BCUT2D eigenvalue weighted by Crippen LogP contribution is -2.15. The van der Waals surface area contributed by atoms with Crippen LogP contribution in [0.3, 0.4) is 0 Å². The number of nitrogens with zero attached hydrogens (tertiary/aromatic N) is 2. The molecule has 96 valence electrons. The normalized spacial score (nSPS) is 23.0. The van der Waals surface area contributed by atoms with Crippen LogP contribution in [-0.2, 0) is 16.3 Å². The molecule has 1 saturated heterocycles. The predicted octanol–water partition coefficient (Wildman–Crippen LogP) is 0.592. The van der Waals surface area contributed by atoms with Crippen molar-refractivity contribution in [1.82, 2.24) is 15.5 Å². The second-order valence-electron chi connectivity index (χ2n) is 4.24. The highest BCUT2D eigenvalue weighted by Gasteiger charge is 2.31. The van der Waals surface area contributed by atoms with Gasteiger partial charge < -0.3 is 5.32 Å². The number of aromatic nitrogens is 2. The van der Waals surface area contributed by atoms with Gasteiger partial charge in [-0.2, -0.15) is 0 Å². The Morgan fingerprint density at radius 3 is 2.94 bits per heavy atom. The first-order valence-corrected chi connectivity index (χ1v) is 8.48. The van der Waals surface area contributed by atoms with Crippen molar-refractivity contribution < 1.29 is 8.42 Å². The fraction of sp³-hybridized carbons (Fsp3) is 0.800. The van der Waals surface area contributed by atoms with E-state index in [1.165, 1.54) is 0 Å². The fourth-order valence-electron chi connectivity index (χ4n) is 1.89. The van der Waals surface area contributed by atoms with Crippen LogP contribution in [0.25, 0.3) is 0 Å². The topological polar surface area (TPSA) is 72.0 Å². The standard InChI is InChI=1S/C10H17N3O2S2/c1-2-11-5-3-9-12-13-10(16-9)8-4-6-17(14,15)7-8/h8,11H,2-7H2,1H3. The van der Waals surface area contributed by atoms with Gasteiger partial charge >= 0.3 is 0 Å². The lowest BCUT2D eigenvalue weighted by atomic mass is 10.1. The highest BCUT2D eigenvalue weighted by Crippen LogP contribution is 2.30. The van der Waals surface area contributed by atoms with E-state index in [1.807, 2.05) is 0 Å². The molecule has 1 atom stereocenters. The predicted molar refractivity (Wildman–Crippen MR) is 68.2 cm³/mol. The molecule has 1 aliphatic rings. The maximum absolute atomic E-state index is 11.4. The van der Waals surface area contributed by atoms with Gasteiger partial charge in [-0.15, -0.1) is 21.5 Å². The van der Waals surface area contributed by atoms with E-state index < -0.39 is 9.84 Å². The molecule has 1 aromatic rings. The third kappa shape index (κ3) is 3.46. The summed E-state index contributed by atoms with van der Waals surface area (Å²) in [5.41, 5.74) is 0. The van der Waals surface area contributed by atoms with Crippen LogP contribution >= 0.6 is 11.3 Å². The van der Waals surface area contributed by atoms with Crippen molar-refractivity contribution >= 4 is 21.2 Å². The maximum atomic E-state index is 11.4. The number of hydrogen-bond acceptors (Lipinski definition) is 6. The van der Waals surface area contributed by atoms with Crippen molar-refractivity contribution in [1.29, 1.82) is 0 Å². The average Bonchev–Trinajstić information content (AvgIpc) is 2.85. The van der Waals surface area contributed by atoms with Gasteiger partial charge in [-0.25, -0.2) is 8.42 Å². The van der Waals surface area contributed by atoms with Crippen LogP contribution in [-0.4, -0.2) is 43.2 Å². The van der Waals surface area contributed by atoms with Crippen molar-refractivity contribution in [2.24, 2.45) is 0 Å². The molecular weight excluding hydrogens is 258 g/mol. The molecule has 1 aromatic heterocycles. The van der Waals surface area contributed by atoms with Crippen LogP contribution in [0.1, 0.15) is 29.3 Å². The van der Waals surface area contributed by atoms with Gasteiger partial charge in [-0.3, -0.25) is 0 Å². The van der Waals surface area contributed by atoms with Crippen molar-refractivity contribution in [3.63, 3.8) is 0 Å². The summed E-state index contributed by atoms with van der Waals surface area (Å²) in [5.74, 6) is 0.615. The third-order valence-corrected chi connectivity index (χ3v) is 5.74. The Labute approximate surface area is 106 Å². The van der Waals surface area contributed by atoms with Gasteiger partial charge in [-0.1, -0.05) is 6.92 Å². The Morgan fingerprint density at radius 1 is 1.47 bits per heavy atom. The SMILES string of the molecule is CCNCCc1nnc(C2CCS(=O)(=O)C2)s1. The fourth-order valence-corrected chi connectivity index (χ4v) is 4.72. The minimum absolute atomic E-state index is 0.0744. The van der Waals surface area contributed by atoms with Crippen LogP contribution in [0.5, 0.6) is 0 Å². The third-order valence-electron chi connectivity index (χ3n) is 2.83. The van der Waals surface area contributed by atoms with Crippen molar-refractivity contribution in [2.45, 2.75) is 25.7 Å². The maximum Gasteiger partial charge on any atom is 0.151 e. The Balaban J connectivity index is 1.94. The van der Waals surface area contributed by atoms with E-state index in [0.29, 0.717) is 12.2 Å². The highest BCUT2D eigenvalue weighted by molar-refractivity contribution is 7.91. The quantitative estimate of drug-likeness (QED) is 0.796. The van der Waals surface area contributed by atoms with Crippen molar-refractivity contribution in [3.05, 3.63) is 10.0 Å². The zero-order valence-electron chi connectivity index (χ0n) is 9.85. The Morgan fingerprint density at radius 2 is 2.29 bits per heavy atom. The second-order valence-corrected chi connectivity index (χ2v) is 7.56. The summed E-state index contributed by atoms with van der Waals surface area (Å²) in [6.45, 7) is 3.91. The summed E-state index contributed by atoms with van der Waals surface area (Å²) >= 11 is 1.55. The number of hydrogen-bond donors (Lipinski definition) is 1. The van der Waals surface area contributed by atoms with E-state index >= 15 is 0 Å². The lowest BCUT2D eigenvalue weighted by molar-refractivity contribution is 0.601. The van der Waals surface area contributed by atoms with E-state index in [2.05, 4.69) is 22.4 Å². The van der Waals surface area contributed by atoms with Gasteiger partial charge in [0.05, 0.1) is 11.5 Å². The first-order valence-electron chi connectivity index (χ1n) is 5.84. The molecule has 0 aliphatic carbocycles. The zero-order valence-corrected chi connectivity index (χ0v) is 11.5. The number of nitrogens with one attached hydrogen (secondary N) is 1. The molecule has 1 unspecified atom stereocenters. The molecule has 5 nitrogen and oxygen atoms in total. The molecule has 1 N–H and O–H groups in total. The molecule has 0 spiro atoms. The zero-order chi connectivity index (χ0) is 12.3. The first kappa shape index (κ1) is 12.9. The van der Waals surface area contributed by atoms with Gasteiger partial charge in [0.2, 0.25) is 0 Å². The molecule has 2 heterocycles. The van der Waals surface area contributed by atoms with Gasteiger partial charge in [0.25, 0.3) is 0 Å². The smallest absolute Gasteiger partial charge is 0.151 e. The summed E-state index contributed by atoms with van der Waals surface area (Å²) in [5, 5.41) is 13.3. The van der Waals surface area contributed by atoms with Crippen LogP contribution in [0.4, 0.5) is 0 Å². The van der Waals surface area contributed by atoms with E-state index in [0.717, 1.165) is 29.5 Å². The molecule has 1 fully saturated rings. The Bertz CT molecular complexity index is 470. The van der Waals surface area contributed by atoms with Gasteiger partial charge in [-0.05, 0) is 13.0 Å². The van der Waals surface area contributed by atoms with E-state index in [1.54, 1.807) is 11.3 Å². The van der Waals surface area contributed by atoms with Crippen molar-refractivity contribution in [3.8, 4) is 0 Å². The summed E-state index contributed by atoms with van der Waals surface area (Å²) in [6, 6.07) is 0. The van der Waals surface area contributed by atoms with Gasteiger partial charge in [0.15, 0.2) is 9.84 Å². The number of sulfone groups is 1. The minimum atomic E-state index is -2.83. The van der Waals surface area contributed by atoms with Crippen molar-refractivity contribution in [2.75, 3.05) is 24.6 Å². The van der Waals surface area contributed by atoms with Crippen LogP contribution in [0.15, 0.2) is 0 Å². The summed E-state index contributed by atoms with van der Waals surface area (Å²) in [6.07, 6.45) is 1.56. The largest absolute Gasteiger partial charge is 0.317 e. The second kappa shape index (κ2) is 5.41. The molecule has 0 aromatic carbocycles. The van der Waals surface area contributed by atoms with Crippen LogP contribution in [0.2, 0.25) is 0 Å². The first-order chi connectivity index (χ1) is 8.11. The van der Waals surface area contributed by atoms with Gasteiger partial charge in [0.1, 0.15) is 10.0 Å². The molecule has 1 aliphatic heterocycles. The lowest BCUT2D eigenvalue weighted by Gasteiger charge is -1.99. The molecule has 0 radical (unpaired) electrons. The molecule has 2 rings (SSSR count). The highest BCUT2D eigenvalue weighted by atomic mass is 32.2. The van der Waals surface area contributed by atoms with Crippen LogP contribution in [0, 0.1) is 0 Å². The summed E-state index contributed by atoms with van der Waals surface area (Å²) in [4.78, 5) is 0. The average molecular weight is 275 g/mol. The van der Waals surface area contributed by atoms with Gasteiger partial charge in [0, 0.05) is 18.9 Å². The van der Waals surface area contributed by atoms with E-state index in [9.17, 15) is 8.42 Å². The molecule has 7 heteroatoms. The summed E-state index contributed by atoms with van der Waals surface area (Å²) < 4.78 is 22.8. The Kier molecular flexibility index (Phi) is 4.11. The molecule has 0 saturated carbocycles. The molecule has 0 amide bonds. The number of likely N-dealkylation sites (N-methyl/N-ethyl adjacent to an activating group) is 1. The van der Waals surface area contributed by atoms with E-state index in [4.69, 9.17) is 0 Å². The molecule has 0 bridgehead atoms. The Hall–Kier alpha value is -0.530.